The van der Waals surface area contributed by atoms with Gasteiger partial charge in [-0.05, 0) is 36.1 Å². The number of quaternary nitrogens is 1. The fraction of sp³-hybridized carbons (Fsp3) is 0.543. The molecule has 1 spiro atoms. The number of aliphatic hydroxyl groups is 1. The molecule has 2 saturated heterocycles. The molecule has 7 atom stereocenters. The summed E-state index contributed by atoms with van der Waals surface area (Å²) in [6.45, 7) is 12.3. The first-order chi connectivity index (χ1) is 21.3. The van der Waals surface area contributed by atoms with E-state index in [0.717, 1.165) is 68.4 Å². The van der Waals surface area contributed by atoms with Crippen molar-refractivity contribution in [2.75, 3.05) is 19.6 Å². The fourth-order valence-corrected chi connectivity index (χ4v) is 9.50. The zero-order valence-electron chi connectivity index (χ0n) is 26.0. The van der Waals surface area contributed by atoms with E-state index in [1.165, 1.54) is 18.2 Å². The number of carbonyl (C=O) groups excluding carboxylic acids is 2. The van der Waals surface area contributed by atoms with Gasteiger partial charge in [0, 0.05) is 48.7 Å². The van der Waals surface area contributed by atoms with E-state index < -0.39 is 40.9 Å². The summed E-state index contributed by atoms with van der Waals surface area (Å²) in [6, 6.07) is 7.91. The molecule has 2 aliphatic heterocycles. The number of nitrogens with one attached hydrogen (secondary N) is 1. The van der Waals surface area contributed by atoms with E-state index in [1.807, 2.05) is 6.08 Å². The number of piperidine rings is 1. The molecule has 3 fully saturated rings. The van der Waals surface area contributed by atoms with Crippen LogP contribution in [-0.2, 0) is 19.1 Å². The van der Waals surface area contributed by atoms with Gasteiger partial charge in [-0.2, -0.15) is 13.2 Å². The molecule has 10 heteroatoms. The van der Waals surface area contributed by atoms with Crippen LogP contribution in [-0.4, -0.2) is 71.3 Å². The number of allylic oxidation sites excluding steroid dienone is 1. The molecule has 1 aromatic carbocycles. The highest BCUT2D eigenvalue weighted by Gasteiger charge is 2.72. The molecule has 0 radical (unpaired) electrons. The number of rotatable bonds is 8. The third-order valence-electron chi connectivity index (χ3n) is 10.7. The molecule has 1 amide bonds. The number of halogens is 3. The monoisotopic (exact) mass is 627 g/mol. The van der Waals surface area contributed by atoms with E-state index in [1.54, 1.807) is 18.2 Å². The van der Waals surface area contributed by atoms with Crippen LogP contribution >= 0.6 is 0 Å². The van der Waals surface area contributed by atoms with Crippen molar-refractivity contribution in [3.05, 3.63) is 77.1 Å². The van der Waals surface area contributed by atoms with Crippen LogP contribution in [0.4, 0.5) is 13.2 Å². The minimum absolute atomic E-state index is 0.182. The molecule has 5 aliphatic rings. The van der Waals surface area contributed by atoms with Gasteiger partial charge >= 0.3 is 12.1 Å². The molecule has 2 bridgehead atoms. The number of esters is 1. The van der Waals surface area contributed by atoms with Gasteiger partial charge in [-0.15, -0.1) is 0 Å². The minimum Gasteiger partial charge on any atom is -0.508 e. The Morgan fingerprint density at radius 1 is 1.24 bits per heavy atom. The lowest BCUT2D eigenvalue weighted by Crippen LogP contribution is -2.71. The Balaban J connectivity index is 1.46. The molecule has 3 aliphatic carbocycles. The number of hydrogen-bond donors (Lipinski definition) is 2. The Kier molecular flexibility index (Phi) is 7.84. The third kappa shape index (κ3) is 5.04. The number of alkyl halides is 3. The Morgan fingerprint density at radius 2 is 1.98 bits per heavy atom. The van der Waals surface area contributed by atoms with Gasteiger partial charge in [0.1, 0.15) is 17.4 Å². The predicted octanol–water partition coefficient (Wildman–Crippen LogP) is 6.15. The third-order valence-corrected chi connectivity index (χ3v) is 10.7. The minimum atomic E-state index is -5.01. The van der Waals surface area contributed by atoms with E-state index in [2.05, 4.69) is 25.7 Å². The maximum Gasteiger partial charge on any atom is 0.421 e. The molecule has 2 N–H and O–H groups in total. The van der Waals surface area contributed by atoms with Crippen LogP contribution in [0, 0.1) is 17.3 Å². The van der Waals surface area contributed by atoms with Gasteiger partial charge in [-0.3, -0.25) is 9.59 Å². The molecule has 3 unspecified atom stereocenters. The normalized spacial score (nSPS) is 35.4. The Labute approximate surface area is 262 Å². The molecule has 242 valence electrons. The average molecular weight is 628 g/mol. The summed E-state index contributed by atoms with van der Waals surface area (Å²) < 4.78 is 56.4. The first-order valence-corrected chi connectivity index (χ1v) is 15.9. The lowest BCUT2D eigenvalue weighted by atomic mass is 9.49. The maximum absolute atomic E-state index is 14.3. The van der Waals surface area contributed by atoms with Crippen LogP contribution in [0.25, 0.3) is 6.08 Å². The molecule has 1 aromatic rings. The van der Waals surface area contributed by atoms with E-state index in [0.29, 0.717) is 17.9 Å². The number of ether oxygens (including phenoxy) is 2. The summed E-state index contributed by atoms with van der Waals surface area (Å²) in [7, 11) is 0. The zero-order valence-corrected chi connectivity index (χ0v) is 26.0. The summed E-state index contributed by atoms with van der Waals surface area (Å²) in [5.74, 6) is -1.86. The van der Waals surface area contributed by atoms with Crippen molar-refractivity contribution in [2.24, 2.45) is 17.3 Å². The van der Waals surface area contributed by atoms with Gasteiger partial charge in [0.05, 0.1) is 31.8 Å². The van der Waals surface area contributed by atoms with Crippen molar-refractivity contribution in [2.45, 2.75) is 83.0 Å². The maximum atomic E-state index is 14.3. The molecule has 45 heavy (non-hydrogen) atoms. The Morgan fingerprint density at radius 3 is 2.62 bits per heavy atom. The second kappa shape index (κ2) is 11.2. The van der Waals surface area contributed by atoms with Gasteiger partial charge in [-0.1, -0.05) is 57.2 Å². The lowest BCUT2D eigenvalue weighted by molar-refractivity contribution is -0.960. The van der Waals surface area contributed by atoms with Gasteiger partial charge < -0.3 is 24.4 Å². The second-order valence-electron chi connectivity index (χ2n) is 13.8. The highest BCUT2D eigenvalue weighted by atomic mass is 19.4. The molecule has 7 nitrogen and oxygen atoms in total. The van der Waals surface area contributed by atoms with Crippen LogP contribution in [0.5, 0.6) is 0 Å². The van der Waals surface area contributed by atoms with Gasteiger partial charge in [0.15, 0.2) is 0 Å². The quantitative estimate of drug-likeness (QED) is 0.119. The van der Waals surface area contributed by atoms with Gasteiger partial charge in [0.2, 0.25) is 5.72 Å². The summed E-state index contributed by atoms with van der Waals surface area (Å²) in [4.78, 5) is 26.2. The van der Waals surface area contributed by atoms with Gasteiger partial charge in [0.25, 0.3) is 5.91 Å². The zero-order chi connectivity index (χ0) is 32.4. The van der Waals surface area contributed by atoms with E-state index in [9.17, 15) is 27.9 Å². The van der Waals surface area contributed by atoms with Crippen molar-refractivity contribution in [3.63, 3.8) is 0 Å². The first kappa shape index (κ1) is 31.6. The summed E-state index contributed by atoms with van der Waals surface area (Å²) in [5.41, 5.74) is -2.45. The smallest absolute Gasteiger partial charge is 0.421 e. The molecule has 6 rings (SSSR count). The van der Waals surface area contributed by atoms with Crippen molar-refractivity contribution in [1.29, 1.82) is 0 Å². The van der Waals surface area contributed by atoms with Crippen molar-refractivity contribution in [3.8, 4) is 0 Å². The number of amides is 1. The number of carbonyl (C=O) groups is 2. The largest absolute Gasteiger partial charge is 0.508 e. The Hall–Kier alpha value is -3.37. The van der Waals surface area contributed by atoms with Gasteiger partial charge in [-0.25, -0.2) is 0 Å². The van der Waals surface area contributed by atoms with E-state index in [-0.39, 0.29) is 29.4 Å². The van der Waals surface area contributed by atoms with E-state index in [4.69, 9.17) is 9.47 Å². The highest BCUT2D eigenvalue weighted by molar-refractivity contribution is 6.00. The fourth-order valence-electron chi connectivity index (χ4n) is 9.50. The second-order valence-corrected chi connectivity index (χ2v) is 13.8. The highest BCUT2D eigenvalue weighted by Crippen LogP contribution is 2.68. The standard InChI is InChI=1S/C35H41F3N2O5/c1-5-15-40(20-21(2)3)16-14-33-25-12-9-13-29(33)44-31-30(33)24(18-27(25)40)28(42)19-34(31,45-22(4)41)39-32(43)26(35(36,37)38)17-23-10-7-6-8-11-23/h5-8,10-11,17,19,21,25,27,29,31H,1,9,12-16,18,20H2,2-4H3,(H-,39,42,43)/p+1/t25-,27+,29-,31?,33+,34?,40?/m0/s1. The lowest BCUT2D eigenvalue weighted by Gasteiger charge is -2.63. The SMILES string of the molecule is C=CC[N+]1(CC(C)C)CC[C@@]23C4=C5C[C@@H]1[C@@H]2CCC[C@@H]3OC4C(NC(=O)C(=Cc1ccccc1)C(F)(F)F)(OC(C)=O)C=C5O. The number of aliphatic hydroxyl groups excluding tert-OH is 1. The Bertz CT molecular complexity index is 1480. The molecular formula is C35H42F3N2O5+. The average Bonchev–Trinajstić information content (AvgIpc) is 3.29. The molecule has 1 saturated carbocycles. The van der Waals surface area contributed by atoms with Crippen LogP contribution in [0.1, 0.15) is 58.4 Å². The molecular weight excluding hydrogens is 585 g/mol. The topological polar surface area (TPSA) is 84.9 Å². The van der Waals surface area contributed by atoms with Crippen molar-refractivity contribution in [1.82, 2.24) is 5.32 Å². The van der Waals surface area contributed by atoms with Crippen LogP contribution in [0.2, 0.25) is 0 Å². The van der Waals surface area contributed by atoms with E-state index >= 15 is 0 Å². The summed E-state index contributed by atoms with van der Waals surface area (Å²) in [6.07, 6.45) is 1.48. The van der Waals surface area contributed by atoms with Crippen molar-refractivity contribution < 1.29 is 41.8 Å². The summed E-state index contributed by atoms with van der Waals surface area (Å²) >= 11 is 0. The summed E-state index contributed by atoms with van der Waals surface area (Å²) in [5, 5.41) is 14.1. The first-order valence-electron chi connectivity index (χ1n) is 15.9. The number of hydrogen-bond acceptors (Lipinski definition) is 5. The molecule has 0 aromatic heterocycles. The van der Waals surface area contributed by atoms with Crippen molar-refractivity contribution >= 4 is 18.0 Å². The number of nitrogens with zero attached hydrogens (tertiary/aromatic N) is 1. The molecule has 2 heterocycles. The number of likely N-dealkylation sites (tertiary alicyclic amines) is 1. The van der Waals surface area contributed by atoms with Crippen LogP contribution < -0.4 is 5.32 Å². The van der Waals surface area contributed by atoms with Crippen LogP contribution in [0.3, 0.4) is 0 Å². The number of benzene rings is 1. The van der Waals surface area contributed by atoms with Crippen LogP contribution in [0.15, 0.2) is 71.5 Å². The predicted molar refractivity (Wildman–Crippen MR) is 162 cm³/mol.